The van der Waals surface area contributed by atoms with Crippen molar-refractivity contribution in [3.05, 3.63) is 214 Å². The quantitative estimate of drug-likeness (QED) is 0.133. The smallest absolute Gasteiger partial charge is 0.303 e. The summed E-state index contributed by atoms with van der Waals surface area (Å²) in [6.07, 6.45) is 18.2. The first kappa shape index (κ1) is 46.8. The van der Waals surface area contributed by atoms with E-state index in [-0.39, 0.29) is 58.3 Å². The summed E-state index contributed by atoms with van der Waals surface area (Å²) in [5.41, 5.74) is 8.59. The molecule has 6 aromatic rings. The van der Waals surface area contributed by atoms with E-state index in [2.05, 4.69) is 51.7 Å². The Hall–Kier alpha value is -6.72. The van der Waals surface area contributed by atoms with Crippen LogP contribution in [0.2, 0.25) is 0 Å². The lowest BCUT2D eigenvalue weighted by Crippen LogP contribution is -2.44. The van der Waals surface area contributed by atoms with Crippen LogP contribution in [0.4, 0.5) is 17.6 Å². The average Bonchev–Trinajstić information content (AvgIpc) is 3.89. The highest BCUT2D eigenvalue weighted by atomic mass is 19.1. The zero-order valence-electron chi connectivity index (χ0n) is 37.3. The number of benzene rings is 4. The lowest BCUT2D eigenvalue weighted by Gasteiger charge is -2.38. The summed E-state index contributed by atoms with van der Waals surface area (Å²) in [5.74, 6) is -2.33. The highest BCUT2D eigenvalue weighted by Crippen LogP contribution is 2.43. The Morgan fingerprint density at radius 2 is 0.925 bits per heavy atom. The van der Waals surface area contributed by atoms with E-state index in [0.717, 1.165) is 53.9 Å². The first-order valence-corrected chi connectivity index (χ1v) is 23.0. The number of carbonyl (C=O) groups excluding carboxylic acids is 1. The number of nitrogens with one attached hydrogen (secondary N) is 1. The molecule has 1 amide bonds. The summed E-state index contributed by atoms with van der Waals surface area (Å²) in [4.78, 5) is 35.0. The number of fused-ring (bicyclic) bond motifs is 4. The van der Waals surface area contributed by atoms with E-state index >= 15 is 0 Å². The second-order valence-corrected chi connectivity index (χ2v) is 17.8. The predicted octanol–water partition coefficient (Wildman–Crippen LogP) is 11.6. The van der Waals surface area contributed by atoms with Crippen LogP contribution in [0.1, 0.15) is 108 Å². The van der Waals surface area contributed by atoms with Crippen molar-refractivity contribution in [1.29, 1.82) is 0 Å². The lowest BCUT2D eigenvalue weighted by molar-refractivity contribution is -0.137. The van der Waals surface area contributed by atoms with Crippen molar-refractivity contribution >= 4 is 24.0 Å². The first-order valence-electron chi connectivity index (χ1n) is 23.0. The van der Waals surface area contributed by atoms with E-state index in [9.17, 15) is 27.2 Å². The molecular formula is C56H54F4N4O3. The second-order valence-electron chi connectivity index (χ2n) is 17.8. The molecule has 344 valence electrons. The van der Waals surface area contributed by atoms with Gasteiger partial charge >= 0.3 is 5.97 Å². The van der Waals surface area contributed by atoms with Crippen LogP contribution in [0.15, 0.2) is 146 Å². The van der Waals surface area contributed by atoms with Gasteiger partial charge in [-0.15, -0.1) is 0 Å². The number of halogens is 4. The number of likely N-dealkylation sites (tertiary alicyclic amines) is 1. The van der Waals surface area contributed by atoms with E-state index in [0.29, 0.717) is 32.4 Å². The van der Waals surface area contributed by atoms with Crippen LogP contribution in [0.25, 0.3) is 12.2 Å². The Labute approximate surface area is 389 Å². The molecule has 4 aliphatic rings. The topological polar surface area (TPSA) is 95.4 Å². The van der Waals surface area contributed by atoms with Gasteiger partial charge in [-0.25, -0.2) is 17.6 Å². The van der Waals surface area contributed by atoms with E-state index in [1.54, 1.807) is 48.5 Å². The molecule has 0 bridgehead atoms. The Morgan fingerprint density at radius 1 is 0.552 bits per heavy atom. The van der Waals surface area contributed by atoms with Gasteiger partial charge in [0.05, 0.1) is 11.4 Å². The Bertz CT molecular complexity index is 2580. The number of hydrogen-bond donors (Lipinski definition) is 2. The number of allylic oxidation sites excluding steroid dienone is 2. The van der Waals surface area contributed by atoms with Crippen molar-refractivity contribution in [1.82, 2.24) is 20.2 Å². The fraction of sp³-hybridized carbons (Fsp3) is 0.286. The Morgan fingerprint density at radius 3 is 1.31 bits per heavy atom. The molecule has 7 nitrogen and oxygen atoms in total. The standard InChI is InChI=1S/C28H26F2N2O.C16H14F2O2.C12H14N2/c29-23-7-3-20(4-8-23)25(21-5-9-24(30)10-6-21)11-12-26(33)32-18-15-28(16-19-32)14-13-22-2-1-17-31-27(22)28;17-13-5-1-11(2-6-13)15(9-10-16(19)20)12-3-7-14(18)8-4-12;1-2-10-3-4-12(11(10)14-7-1)5-8-13-9-6-12/h1-10,13-14,17,25H,11-12,15-16,18-19H2;1-8,15H,9-10H2,(H,19,20);1-4,7,13H,5-6,8-9H2. The van der Waals surface area contributed by atoms with Crippen molar-refractivity contribution < 1.29 is 32.3 Å². The number of hydrogen-bond acceptors (Lipinski definition) is 5. The van der Waals surface area contributed by atoms with E-state index in [4.69, 9.17) is 5.11 Å². The lowest BCUT2D eigenvalue weighted by atomic mass is 9.77. The van der Waals surface area contributed by atoms with Gasteiger partial charge in [0.2, 0.25) is 5.91 Å². The van der Waals surface area contributed by atoms with Gasteiger partial charge in [0.25, 0.3) is 0 Å². The van der Waals surface area contributed by atoms with Crippen LogP contribution in [-0.4, -0.2) is 58.0 Å². The third-order valence-corrected chi connectivity index (χ3v) is 13.7. The van der Waals surface area contributed by atoms with Gasteiger partial charge < -0.3 is 15.3 Å². The first-order chi connectivity index (χ1) is 32.5. The van der Waals surface area contributed by atoms with Crippen LogP contribution in [0.3, 0.4) is 0 Å². The van der Waals surface area contributed by atoms with Gasteiger partial charge in [0.15, 0.2) is 0 Å². The monoisotopic (exact) mass is 906 g/mol. The maximum absolute atomic E-state index is 13.5. The minimum atomic E-state index is -0.890. The number of rotatable bonds is 10. The molecule has 67 heavy (non-hydrogen) atoms. The molecule has 4 heterocycles. The molecule has 11 heteroatoms. The summed E-state index contributed by atoms with van der Waals surface area (Å²) in [6.45, 7) is 3.63. The number of carbonyl (C=O) groups is 2. The molecule has 2 aromatic heterocycles. The third-order valence-electron chi connectivity index (χ3n) is 13.7. The van der Waals surface area contributed by atoms with Gasteiger partial charge in [-0.05, 0) is 146 Å². The molecule has 2 aliphatic carbocycles. The molecule has 0 radical (unpaired) electrons. The highest BCUT2D eigenvalue weighted by Gasteiger charge is 2.40. The summed E-state index contributed by atoms with van der Waals surface area (Å²) in [7, 11) is 0. The zero-order chi connectivity index (χ0) is 46.8. The fourth-order valence-corrected chi connectivity index (χ4v) is 9.95. The van der Waals surface area contributed by atoms with Gasteiger partial charge in [-0.1, -0.05) is 85.0 Å². The minimum Gasteiger partial charge on any atom is -0.481 e. The largest absolute Gasteiger partial charge is 0.481 e. The predicted molar refractivity (Wildman–Crippen MR) is 253 cm³/mol. The van der Waals surface area contributed by atoms with Crippen molar-refractivity contribution in [2.45, 2.75) is 74.0 Å². The summed E-state index contributed by atoms with van der Waals surface area (Å²) < 4.78 is 52.9. The molecule has 2 N–H and O–H groups in total. The zero-order valence-corrected chi connectivity index (χ0v) is 37.3. The van der Waals surface area contributed by atoms with Crippen LogP contribution in [-0.2, 0) is 20.4 Å². The number of aromatic nitrogens is 2. The summed E-state index contributed by atoms with van der Waals surface area (Å²) in [5, 5.41) is 12.2. The van der Waals surface area contributed by atoms with Gasteiger partial charge in [0, 0.05) is 61.0 Å². The molecular weight excluding hydrogens is 853 g/mol. The number of carboxylic acid groups (broad SMARTS) is 1. The number of nitrogens with zero attached hydrogens (tertiary/aromatic N) is 3. The summed E-state index contributed by atoms with van der Waals surface area (Å²) >= 11 is 0. The average molecular weight is 907 g/mol. The molecule has 2 saturated heterocycles. The Balaban J connectivity index is 0.000000151. The molecule has 4 aromatic carbocycles. The fourth-order valence-electron chi connectivity index (χ4n) is 9.95. The molecule has 2 spiro atoms. The van der Waals surface area contributed by atoms with E-state index in [1.807, 2.05) is 29.4 Å². The number of piperidine rings is 2. The molecule has 0 atom stereocenters. The number of carboxylic acids is 1. The normalized spacial score (nSPS) is 16.0. The van der Waals surface area contributed by atoms with Crippen LogP contribution in [0.5, 0.6) is 0 Å². The van der Waals surface area contributed by atoms with E-state index in [1.165, 1.54) is 78.2 Å². The SMILES string of the molecule is C1=CC2(CCNCC2)c2ncccc21.O=C(CCC(c1ccc(F)cc1)c1ccc(F)cc1)N1CCC2(C=Cc3cccnc32)CC1.O=C(O)CCC(c1ccc(F)cc1)c1ccc(F)cc1. The highest BCUT2D eigenvalue weighted by molar-refractivity contribution is 5.77. The minimum absolute atomic E-state index is 0.000576. The number of pyridine rings is 2. The van der Waals surface area contributed by atoms with Crippen molar-refractivity contribution in [2.75, 3.05) is 26.2 Å². The van der Waals surface area contributed by atoms with Crippen LogP contribution in [0, 0.1) is 23.3 Å². The molecule has 0 unspecified atom stereocenters. The Kier molecular flexibility index (Phi) is 14.9. The number of amides is 1. The molecule has 2 fully saturated rings. The second kappa shape index (κ2) is 21.3. The maximum atomic E-state index is 13.5. The maximum Gasteiger partial charge on any atom is 0.303 e. The van der Waals surface area contributed by atoms with Crippen molar-refractivity contribution in [2.24, 2.45) is 0 Å². The third kappa shape index (κ3) is 11.3. The molecule has 0 saturated carbocycles. The molecule has 10 rings (SSSR count). The van der Waals surface area contributed by atoms with Crippen molar-refractivity contribution in [3.8, 4) is 0 Å². The van der Waals surface area contributed by atoms with Crippen LogP contribution >= 0.6 is 0 Å². The van der Waals surface area contributed by atoms with Gasteiger partial charge in [0.1, 0.15) is 23.3 Å². The van der Waals surface area contributed by atoms with Gasteiger partial charge in [-0.2, -0.15) is 0 Å². The number of aliphatic carboxylic acids is 1. The van der Waals surface area contributed by atoms with Gasteiger partial charge in [-0.3, -0.25) is 19.6 Å². The van der Waals surface area contributed by atoms with Crippen molar-refractivity contribution in [3.63, 3.8) is 0 Å². The summed E-state index contributed by atoms with van der Waals surface area (Å²) in [6, 6.07) is 32.8. The van der Waals surface area contributed by atoms with E-state index < -0.39 is 5.97 Å². The van der Waals surface area contributed by atoms with Crippen LogP contribution < -0.4 is 5.32 Å². The molecule has 2 aliphatic heterocycles.